The maximum absolute atomic E-state index is 6.58. The van der Waals surface area contributed by atoms with E-state index in [-0.39, 0.29) is 12.9 Å². The first kappa shape index (κ1) is 33.9. The van der Waals surface area contributed by atoms with Crippen LogP contribution < -0.4 is 9.47 Å². The van der Waals surface area contributed by atoms with Crippen LogP contribution in [0.2, 0.25) is 10.0 Å². The summed E-state index contributed by atoms with van der Waals surface area (Å²) in [5.74, 6) is 0.446. The summed E-state index contributed by atoms with van der Waals surface area (Å²) in [6.07, 6.45) is 9.25. The average molecular weight is 669 g/mol. The summed E-state index contributed by atoms with van der Waals surface area (Å²) in [4.78, 5) is 6.39. The summed E-state index contributed by atoms with van der Waals surface area (Å²) in [6.45, 7) is 3.94. The molecular weight excluding hydrogens is 629 g/mol. The molecule has 9 nitrogen and oxygen atoms in total. The van der Waals surface area contributed by atoms with Gasteiger partial charge in [0.15, 0.2) is 6.79 Å². The monoisotopic (exact) mass is 667 g/mol. The zero-order chi connectivity index (χ0) is 32.2. The number of likely N-dealkylation sites (N-methyl/N-ethyl adjacent to an activating group) is 1. The Hall–Kier alpha value is -3.41. The third kappa shape index (κ3) is 9.80. The van der Waals surface area contributed by atoms with Crippen LogP contribution in [0, 0.1) is 0 Å². The minimum Gasteiger partial charge on any atom is -0.491 e. The van der Waals surface area contributed by atoms with E-state index in [1.807, 2.05) is 53.2 Å². The molecule has 1 aromatic heterocycles. The van der Waals surface area contributed by atoms with Gasteiger partial charge in [-0.3, -0.25) is 4.90 Å². The van der Waals surface area contributed by atoms with Crippen molar-refractivity contribution in [2.75, 3.05) is 53.9 Å². The van der Waals surface area contributed by atoms with Gasteiger partial charge in [0.2, 0.25) is 5.79 Å². The number of benzene rings is 3. The summed E-state index contributed by atoms with van der Waals surface area (Å²) in [5, 5.41) is 1.02. The molecule has 2 atom stereocenters. The first-order valence-corrected chi connectivity index (χ1v) is 15.8. The van der Waals surface area contributed by atoms with Gasteiger partial charge in [-0.25, -0.2) is 4.98 Å². The van der Waals surface area contributed by atoms with Crippen molar-refractivity contribution in [3.05, 3.63) is 118 Å². The molecule has 1 aliphatic rings. The summed E-state index contributed by atoms with van der Waals surface area (Å²) in [7, 11) is 3.73. The normalized spacial score (nSPS) is 18.1. The molecule has 4 aromatic rings. The van der Waals surface area contributed by atoms with Crippen molar-refractivity contribution in [2.24, 2.45) is 0 Å². The van der Waals surface area contributed by atoms with Gasteiger partial charge >= 0.3 is 0 Å². The van der Waals surface area contributed by atoms with E-state index < -0.39 is 5.79 Å². The zero-order valence-electron chi connectivity index (χ0n) is 26.0. The van der Waals surface area contributed by atoms with Crippen LogP contribution in [-0.4, -0.2) is 74.5 Å². The minimum atomic E-state index is -1.09. The number of rotatable bonds is 17. The van der Waals surface area contributed by atoms with Gasteiger partial charge in [-0.2, -0.15) is 0 Å². The smallest absolute Gasteiger partial charge is 0.215 e. The highest BCUT2D eigenvalue weighted by Crippen LogP contribution is 2.40. The largest absolute Gasteiger partial charge is 0.491 e. The van der Waals surface area contributed by atoms with Crippen molar-refractivity contribution in [3.63, 3.8) is 0 Å². The third-order valence-corrected chi connectivity index (χ3v) is 7.86. The highest BCUT2D eigenvalue weighted by atomic mass is 35.5. The molecular formula is C35H39Cl2N3O6. The lowest BCUT2D eigenvalue weighted by molar-refractivity contribution is -0.189. The first-order valence-electron chi connectivity index (χ1n) is 15.0. The van der Waals surface area contributed by atoms with Crippen LogP contribution in [0.1, 0.15) is 16.7 Å². The van der Waals surface area contributed by atoms with Gasteiger partial charge in [-0.05, 0) is 54.6 Å². The number of ether oxygens (including phenoxy) is 6. The van der Waals surface area contributed by atoms with Crippen molar-refractivity contribution in [3.8, 4) is 11.5 Å². The van der Waals surface area contributed by atoms with Crippen LogP contribution in [0.3, 0.4) is 0 Å². The maximum atomic E-state index is 6.58. The van der Waals surface area contributed by atoms with E-state index in [1.165, 1.54) is 5.56 Å². The molecule has 0 spiro atoms. The summed E-state index contributed by atoms with van der Waals surface area (Å²) in [6, 6.07) is 21.4. The van der Waals surface area contributed by atoms with Crippen molar-refractivity contribution in [1.29, 1.82) is 0 Å². The van der Waals surface area contributed by atoms with Crippen LogP contribution in [0.5, 0.6) is 11.5 Å². The fourth-order valence-corrected chi connectivity index (χ4v) is 5.54. The van der Waals surface area contributed by atoms with Crippen molar-refractivity contribution in [1.82, 2.24) is 14.5 Å². The second-order valence-corrected chi connectivity index (χ2v) is 11.8. The Bertz CT molecular complexity index is 1520. The number of imidazole rings is 1. The van der Waals surface area contributed by atoms with Crippen LogP contribution >= 0.6 is 23.2 Å². The molecule has 0 radical (unpaired) electrons. The number of hydrogen-bond acceptors (Lipinski definition) is 8. The number of halogens is 2. The van der Waals surface area contributed by atoms with Gasteiger partial charge in [0.25, 0.3) is 0 Å². The number of hydrogen-bond donors (Lipinski definition) is 0. The van der Waals surface area contributed by atoms with Crippen molar-refractivity contribution >= 4 is 29.3 Å². The maximum Gasteiger partial charge on any atom is 0.215 e. The summed E-state index contributed by atoms with van der Waals surface area (Å²) in [5.41, 5.74) is 3.00. The lowest BCUT2D eigenvalue weighted by Crippen LogP contribution is -2.34. The van der Waals surface area contributed by atoms with Crippen LogP contribution in [0.15, 0.2) is 91.5 Å². The second kappa shape index (κ2) is 16.9. The molecule has 1 aliphatic heterocycles. The van der Waals surface area contributed by atoms with E-state index in [0.717, 1.165) is 30.2 Å². The molecule has 1 saturated heterocycles. The van der Waals surface area contributed by atoms with E-state index in [0.29, 0.717) is 48.6 Å². The Morgan fingerprint density at radius 3 is 2.54 bits per heavy atom. The van der Waals surface area contributed by atoms with E-state index >= 15 is 0 Å². The molecule has 5 rings (SSSR count). The molecule has 0 unspecified atom stereocenters. The molecule has 244 valence electrons. The fourth-order valence-electron chi connectivity index (χ4n) is 4.99. The summed E-state index contributed by atoms with van der Waals surface area (Å²) < 4.78 is 36.6. The molecule has 3 aromatic carbocycles. The standard InChI is InChI=1S/C35H39Cl2N3O6/c1-39(16-3-4-27-5-10-31(11-6-27)44-26-42-19-18-41-2)21-28-7-12-30(13-8-28)43-22-32-23-45-35(46-32,24-40-17-15-38-25-40)33-14-9-29(36)20-34(33)37/h3-15,17,20,25,32H,16,18-19,21-24,26H2,1-2H3/b4-3+/t32-,35-/m1/s1. The van der Waals surface area contributed by atoms with Gasteiger partial charge in [-0.15, -0.1) is 0 Å². The quantitative estimate of drug-likeness (QED) is 0.0912. The van der Waals surface area contributed by atoms with Gasteiger partial charge < -0.3 is 33.0 Å². The molecule has 0 saturated carbocycles. The lowest BCUT2D eigenvalue weighted by atomic mass is 10.1. The van der Waals surface area contributed by atoms with Gasteiger partial charge in [0.1, 0.15) is 24.2 Å². The fraction of sp³-hybridized carbons (Fsp3) is 0.343. The zero-order valence-corrected chi connectivity index (χ0v) is 27.5. The highest BCUT2D eigenvalue weighted by Gasteiger charge is 2.45. The lowest BCUT2D eigenvalue weighted by Gasteiger charge is -2.30. The van der Waals surface area contributed by atoms with Gasteiger partial charge in [-0.1, -0.05) is 65.7 Å². The molecule has 0 N–H and O–H groups in total. The topological polar surface area (TPSA) is 76.4 Å². The Morgan fingerprint density at radius 1 is 1.02 bits per heavy atom. The molecule has 0 aliphatic carbocycles. The van der Waals surface area contributed by atoms with Crippen molar-refractivity contribution in [2.45, 2.75) is 25.0 Å². The Morgan fingerprint density at radius 2 is 1.80 bits per heavy atom. The predicted octanol–water partition coefficient (Wildman–Crippen LogP) is 6.68. The predicted molar refractivity (Wildman–Crippen MR) is 178 cm³/mol. The number of methoxy groups -OCH3 is 1. The van der Waals surface area contributed by atoms with Crippen LogP contribution in [0.4, 0.5) is 0 Å². The van der Waals surface area contributed by atoms with Gasteiger partial charge in [0, 0.05) is 43.2 Å². The van der Waals surface area contributed by atoms with E-state index in [9.17, 15) is 0 Å². The Balaban J connectivity index is 1.07. The number of nitrogens with zero attached hydrogens (tertiary/aromatic N) is 3. The number of aromatic nitrogens is 2. The molecule has 46 heavy (non-hydrogen) atoms. The SMILES string of the molecule is COCCOCOc1ccc(/C=C/CN(C)Cc2ccc(OC[C@@H]3CO[C@@](Cn4ccnc4)(c4ccc(Cl)cc4Cl)O3)cc2)cc1. The summed E-state index contributed by atoms with van der Waals surface area (Å²) >= 11 is 12.7. The molecule has 11 heteroatoms. The second-order valence-electron chi connectivity index (χ2n) is 10.9. The first-order chi connectivity index (χ1) is 22.4. The third-order valence-electron chi connectivity index (χ3n) is 7.31. The molecule has 0 bridgehead atoms. The molecule has 2 heterocycles. The highest BCUT2D eigenvalue weighted by molar-refractivity contribution is 6.35. The molecule has 0 amide bonds. The Labute approximate surface area is 280 Å². The van der Waals surface area contributed by atoms with Gasteiger partial charge in [0.05, 0.1) is 37.7 Å². The molecule has 1 fully saturated rings. The van der Waals surface area contributed by atoms with Crippen molar-refractivity contribution < 1.29 is 28.4 Å². The van der Waals surface area contributed by atoms with E-state index in [1.54, 1.807) is 31.8 Å². The van der Waals surface area contributed by atoms with Crippen LogP contribution in [-0.2, 0) is 37.8 Å². The average Bonchev–Trinajstić information content (AvgIpc) is 3.72. The van der Waals surface area contributed by atoms with E-state index in [2.05, 4.69) is 41.2 Å². The Kier molecular flexibility index (Phi) is 12.5. The minimum absolute atomic E-state index is 0.204. The van der Waals surface area contributed by atoms with E-state index in [4.69, 9.17) is 51.6 Å². The van der Waals surface area contributed by atoms with Crippen LogP contribution in [0.25, 0.3) is 6.08 Å².